The van der Waals surface area contributed by atoms with Gasteiger partial charge in [-0.15, -0.1) is 0 Å². The number of rotatable bonds is 2. The first-order chi connectivity index (χ1) is 10.2. The molecule has 3 rings (SSSR count). The lowest BCUT2D eigenvalue weighted by Gasteiger charge is -2.32. The van der Waals surface area contributed by atoms with E-state index in [1.165, 1.54) is 23.0 Å². The predicted octanol–water partition coefficient (Wildman–Crippen LogP) is 2.45. The third-order valence-corrected chi connectivity index (χ3v) is 4.30. The fraction of sp³-hybridized carbons (Fsp3) is 0.400. The highest BCUT2D eigenvalue weighted by atomic mass is 19.1. The Balaban J connectivity index is 2.00. The lowest BCUT2D eigenvalue weighted by molar-refractivity contribution is 0.00578. The monoisotopic (exact) mass is 306 g/mol. The highest BCUT2D eigenvalue weighted by Gasteiger charge is 2.52. The quantitative estimate of drug-likeness (QED) is 0.800. The number of hydrogen-bond acceptors (Lipinski definition) is 3. The van der Waals surface area contributed by atoms with Gasteiger partial charge in [0.15, 0.2) is 5.82 Å². The third kappa shape index (κ3) is 2.34. The van der Waals surface area contributed by atoms with Gasteiger partial charge in [-0.3, -0.25) is 0 Å². The summed E-state index contributed by atoms with van der Waals surface area (Å²) >= 11 is 0. The maximum absolute atomic E-state index is 14.0. The van der Waals surface area contributed by atoms with Crippen molar-refractivity contribution in [2.75, 3.05) is 0 Å². The van der Waals surface area contributed by atoms with Crippen LogP contribution in [0, 0.1) is 11.6 Å². The average molecular weight is 306 g/mol. The van der Waals surface area contributed by atoms with Crippen molar-refractivity contribution in [1.29, 1.82) is 0 Å². The van der Waals surface area contributed by atoms with Crippen LogP contribution in [0.5, 0.6) is 0 Å². The maximum atomic E-state index is 14.0. The summed E-state index contributed by atoms with van der Waals surface area (Å²) in [6, 6.07) is 5.05. The zero-order chi connectivity index (χ0) is 16.1. The highest BCUT2D eigenvalue weighted by Crippen LogP contribution is 2.36. The van der Waals surface area contributed by atoms with Gasteiger partial charge in [0.05, 0.1) is 16.8 Å². The summed E-state index contributed by atoms with van der Waals surface area (Å²) < 4.78 is 40.4. The molecule has 0 bridgehead atoms. The lowest BCUT2D eigenvalue weighted by atomic mass is 9.84. The first-order valence-corrected chi connectivity index (χ1v) is 7.06. The second-order valence-corrected chi connectivity index (χ2v) is 6.35. The smallest absolute Gasteiger partial charge is 0.398 e. The third-order valence-electron chi connectivity index (χ3n) is 4.30. The minimum absolute atomic E-state index is 0.149. The van der Waals surface area contributed by atoms with E-state index in [1.54, 1.807) is 6.07 Å². The van der Waals surface area contributed by atoms with E-state index in [0.29, 0.717) is 5.59 Å². The molecule has 1 aliphatic rings. The molecule has 0 unspecified atom stereocenters. The Morgan fingerprint density at radius 2 is 1.68 bits per heavy atom. The maximum Gasteiger partial charge on any atom is 0.514 e. The molecule has 0 amide bonds. The molecule has 0 saturated carbocycles. The Morgan fingerprint density at radius 3 is 2.27 bits per heavy atom. The first kappa shape index (κ1) is 15.2. The van der Waals surface area contributed by atoms with E-state index in [-0.39, 0.29) is 5.69 Å². The Hall–Kier alpha value is -1.73. The second-order valence-electron chi connectivity index (χ2n) is 6.35. The summed E-state index contributed by atoms with van der Waals surface area (Å²) in [5, 5.41) is 4.11. The van der Waals surface area contributed by atoms with Gasteiger partial charge in [-0.2, -0.15) is 5.10 Å². The van der Waals surface area contributed by atoms with Gasteiger partial charge in [0.1, 0.15) is 11.5 Å². The van der Waals surface area contributed by atoms with Crippen molar-refractivity contribution in [2.24, 2.45) is 0 Å². The van der Waals surface area contributed by atoms with Crippen molar-refractivity contribution >= 4 is 12.7 Å². The van der Waals surface area contributed by atoms with Crippen molar-refractivity contribution in [3.8, 4) is 5.69 Å². The van der Waals surface area contributed by atoms with E-state index in [1.807, 2.05) is 27.7 Å². The molecule has 0 N–H and O–H groups in total. The van der Waals surface area contributed by atoms with Gasteiger partial charge in [0.25, 0.3) is 0 Å². The summed E-state index contributed by atoms with van der Waals surface area (Å²) in [5.74, 6) is -1.33. The van der Waals surface area contributed by atoms with E-state index in [9.17, 15) is 8.78 Å². The SMILES string of the molecule is CC1(C)OB(c2ccnn2-c2ccc(F)cc2F)OC1(C)C. The standard InChI is InChI=1S/C15H17BF2N2O2/c1-14(2)15(3,4)22-16(21-14)13-7-8-19-20(13)12-6-5-10(17)9-11(12)18/h5-9H,1-4H3. The van der Waals surface area contributed by atoms with Crippen LogP contribution in [0.2, 0.25) is 0 Å². The molecule has 0 aliphatic carbocycles. The van der Waals surface area contributed by atoms with Gasteiger partial charge in [-0.05, 0) is 45.9 Å². The minimum Gasteiger partial charge on any atom is -0.398 e. The molecule has 0 spiro atoms. The van der Waals surface area contributed by atoms with Crippen LogP contribution in [0.1, 0.15) is 27.7 Å². The van der Waals surface area contributed by atoms with Crippen LogP contribution < -0.4 is 5.59 Å². The number of nitrogens with zero attached hydrogens (tertiary/aromatic N) is 2. The van der Waals surface area contributed by atoms with Gasteiger partial charge >= 0.3 is 7.12 Å². The van der Waals surface area contributed by atoms with Crippen LogP contribution in [0.15, 0.2) is 30.5 Å². The molecule has 0 radical (unpaired) electrons. The van der Waals surface area contributed by atoms with Crippen molar-refractivity contribution in [3.05, 3.63) is 42.1 Å². The van der Waals surface area contributed by atoms with Crippen LogP contribution >= 0.6 is 0 Å². The van der Waals surface area contributed by atoms with Crippen LogP contribution in [0.25, 0.3) is 5.69 Å². The Kier molecular flexibility index (Phi) is 3.38. The summed E-state index contributed by atoms with van der Waals surface area (Å²) in [7, 11) is -0.669. The van der Waals surface area contributed by atoms with Gasteiger partial charge in [-0.1, -0.05) is 0 Å². The minimum atomic E-state index is -0.693. The van der Waals surface area contributed by atoms with Gasteiger partial charge < -0.3 is 9.31 Å². The normalized spacial score (nSPS) is 19.6. The fourth-order valence-corrected chi connectivity index (χ4v) is 2.31. The van der Waals surface area contributed by atoms with E-state index in [0.717, 1.165) is 6.07 Å². The molecule has 1 aliphatic heterocycles. The van der Waals surface area contributed by atoms with Crippen molar-refractivity contribution in [3.63, 3.8) is 0 Å². The number of benzene rings is 1. The number of halogens is 2. The van der Waals surface area contributed by atoms with Crippen molar-refractivity contribution < 1.29 is 18.1 Å². The molecule has 1 aromatic heterocycles. The first-order valence-electron chi connectivity index (χ1n) is 7.06. The lowest BCUT2D eigenvalue weighted by Crippen LogP contribution is -2.41. The molecule has 2 heterocycles. The van der Waals surface area contributed by atoms with Gasteiger partial charge in [-0.25, -0.2) is 13.5 Å². The second kappa shape index (κ2) is 4.89. The summed E-state index contributed by atoms with van der Waals surface area (Å²) in [6.45, 7) is 7.75. The van der Waals surface area contributed by atoms with E-state index in [2.05, 4.69) is 5.10 Å². The number of aromatic nitrogens is 2. The molecular formula is C15H17BF2N2O2. The molecule has 0 atom stereocenters. The zero-order valence-electron chi connectivity index (χ0n) is 12.9. The molecule has 22 heavy (non-hydrogen) atoms. The molecule has 7 heteroatoms. The molecule has 1 saturated heterocycles. The fourth-order valence-electron chi connectivity index (χ4n) is 2.31. The van der Waals surface area contributed by atoms with Crippen LogP contribution in [-0.4, -0.2) is 28.1 Å². The number of hydrogen-bond donors (Lipinski definition) is 0. The van der Waals surface area contributed by atoms with Crippen LogP contribution in [0.4, 0.5) is 8.78 Å². The summed E-state index contributed by atoms with van der Waals surface area (Å²) in [4.78, 5) is 0. The van der Waals surface area contributed by atoms with E-state index < -0.39 is 30.0 Å². The highest BCUT2D eigenvalue weighted by molar-refractivity contribution is 6.61. The Morgan fingerprint density at radius 1 is 1.05 bits per heavy atom. The van der Waals surface area contributed by atoms with Gasteiger partial charge in [0, 0.05) is 12.3 Å². The Labute approximate surface area is 128 Å². The predicted molar refractivity (Wildman–Crippen MR) is 79.2 cm³/mol. The van der Waals surface area contributed by atoms with Crippen molar-refractivity contribution in [1.82, 2.24) is 9.78 Å². The molecule has 116 valence electrons. The summed E-state index contributed by atoms with van der Waals surface area (Å²) in [5.41, 5.74) is -0.303. The molecule has 1 aromatic carbocycles. The van der Waals surface area contributed by atoms with Crippen molar-refractivity contribution in [2.45, 2.75) is 38.9 Å². The van der Waals surface area contributed by atoms with Crippen LogP contribution in [0.3, 0.4) is 0 Å². The van der Waals surface area contributed by atoms with E-state index in [4.69, 9.17) is 9.31 Å². The molecule has 4 nitrogen and oxygen atoms in total. The molecule has 2 aromatic rings. The van der Waals surface area contributed by atoms with Gasteiger partial charge in [0.2, 0.25) is 0 Å². The van der Waals surface area contributed by atoms with E-state index >= 15 is 0 Å². The molecular weight excluding hydrogens is 289 g/mol. The van der Waals surface area contributed by atoms with Crippen LogP contribution in [-0.2, 0) is 9.31 Å². The topological polar surface area (TPSA) is 36.3 Å². The molecule has 1 fully saturated rings. The zero-order valence-corrected chi connectivity index (χ0v) is 12.9. The summed E-state index contributed by atoms with van der Waals surface area (Å²) in [6.07, 6.45) is 1.53. The largest absolute Gasteiger partial charge is 0.514 e. The Bertz CT molecular complexity index is 699. The average Bonchev–Trinajstić information content (AvgIpc) is 2.93.